The van der Waals surface area contributed by atoms with Crippen molar-refractivity contribution >= 4 is 22.8 Å². The zero-order valence-electron chi connectivity index (χ0n) is 10.3. The number of hydrogen-bond acceptors (Lipinski definition) is 6. The third-order valence-corrected chi connectivity index (χ3v) is 2.86. The Morgan fingerprint density at radius 2 is 2.21 bits per heavy atom. The molecule has 0 aliphatic heterocycles. The van der Waals surface area contributed by atoms with Crippen LogP contribution in [0.25, 0.3) is 11.0 Å². The molecule has 0 aliphatic carbocycles. The zero-order valence-corrected chi connectivity index (χ0v) is 10.3. The van der Waals surface area contributed by atoms with Crippen molar-refractivity contribution in [1.29, 1.82) is 0 Å². The van der Waals surface area contributed by atoms with Crippen LogP contribution in [-0.2, 0) is 0 Å². The van der Waals surface area contributed by atoms with Crippen molar-refractivity contribution in [2.45, 2.75) is 13.0 Å². The molecule has 0 amide bonds. The molecule has 1 unspecified atom stereocenters. The van der Waals surface area contributed by atoms with Crippen LogP contribution in [0.5, 0.6) is 0 Å². The molecule has 1 atom stereocenters. The summed E-state index contributed by atoms with van der Waals surface area (Å²) in [6.07, 6.45) is 5.23. The van der Waals surface area contributed by atoms with Crippen molar-refractivity contribution in [1.82, 2.24) is 25.1 Å². The van der Waals surface area contributed by atoms with Crippen molar-refractivity contribution < 1.29 is 0 Å². The van der Waals surface area contributed by atoms with E-state index in [2.05, 4.69) is 30.5 Å². The molecule has 0 spiro atoms. The molecule has 7 nitrogen and oxygen atoms in total. The number of rotatable bonds is 3. The maximum Gasteiger partial charge on any atom is 0.224 e. The van der Waals surface area contributed by atoms with E-state index < -0.39 is 0 Å². The fourth-order valence-corrected chi connectivity index (χ4v) is 1.88. The van der Waals surface area contributed by atoms with Gasteiger partial charge in [0.2, 0.25) is 5.95 Å². The highest BCUT2D eigenvalue weighted by molar-refractivity contribution is 5.86. The molecule has 19 heavy (non-hydrogen) atoms. The van der Waals surface area contributed by atoms with Crippen LogP contribution in [0.15, 0.2) is 30.7 Å². The molecule has 96 valence electrons. The molecule has 0 aliphatic rings. The van der Waals surface area contributed by atoms with E-state index >= 15 is 0 Å². The standard InChI is InChI=1S/C12H13N7/c1-7(8-3-2-4-14-5-8)16-10-9-6-15-19-11(9)18-12(13)17-10/h2-7H,1H3,(H4,13,15,16,17,18,19). The van der Waals surface area contributed by atoms with Gasteiger partial charge in [-0.1, -0.05) is 6.07 Å². The summed E-state index contributed by atoms with van der Waals surface area (Å²) in [7, 11) is 0. The fraction of sp³-hybridized carbons (Fsp3) is 0.167. The third-order valence-electron chi connectivity index (χ3n) is 2.86. The minimum Gasteiger partial charge on any atom is -0.368 e. The number of hydrogen-bond donors (Lipinski definition) is 3. The van der Waals surface area contributed by atoms with Gasteiger partial charge in [-0.05, 0) is 18.6 Å². The molecule has 7 heteroatoms. The summed E-state index contributed by atoms with van der Waals surface area (Å²) in [5, 5.41) is 10.8. The normalized spacial score (nSPS) is 12.5. The Morgan fingerprint density at radius 3 is 3.00 bits per heavy atom. The van der Waals surface area contributed by atoms with Crippen molar-refractivity contribution in [3.05, 3.63) is 36.3 Å². The van der Waals surface area contributed by atoms with Crippen molar-refractivity contribution in [2.24, 2.45) is 0 Å². The first-order chi connectivity index (χ1) is 9.24. The average Bonchev–Trinajstić information content (AvgIpc) is 2.88. The van der Waals surface area contributed by atoms with Gasteiger partial charge in [-0.15, -0.1) is 0 Å². The van der Waals surface area contributed by atoms with Gasteiger partial charge < -0.3 is 11.1 Å². The lowest BCUT2D eigenvalue weighted by Gasteiger charge is -2.15. The van der Waals surface area contributed by atoms with E-state index in [0.717, 1.165) is 10.9 Å². The quantitative estimate of drug-likeness (QED) is 0.655. The van der Waals surface area contributed by atoms with E-state index in [4.69, 9.17) is 5.73 Å². The number of fused-ring (bicyclic) bond motifs is 1. The van der Waals surface area contributed by atoms with Gasteiger partial charge in [-0.25, -0.2) is 0 Å². The Bertz CT molecular complexity index is 692. The molecule has 3 rings (SSSR count). The van der Waals surface area contributed by atoms with Crippen LogP contribution in [-0.4, -0.2) is 25.1 Å². The SMILES string of the molecule is CC(Nc1nc(N)nc2[nH]ncc12)c1cccnc1. The number of nitrogens with one attached hydrogen (secondary N) is 2. The first-order valence-corrected chi connectivity index (χ1v) is 5.87. The molecule has 0 saturated heterocycles. The highest BCUT2D eigenvalue weighted by Crippen LogP contribution is 2.23. The number of aromatic nitrogens is 5. The van der Waals surface area contributed by atoms with Gasteiger partial charge >= 0.3 is 0 Å². The molecule has 0 radical (unpaired) electrons. The maximum atomic E-state index is 5.68. The van der Waals surface area contributed by atoms with Crippen LogP contribution < -0.4 is 11.1 Å². The molecule has 0 saturated carbocycles. The highest BCUT2D eigenvalue weighted by Gasteiger charge is 2.11. The minimum absolute atomic E-state index is 0.0566. The summed E-state index contributed by atoms with van der Waals surface area (Å²) >= 11 is 0. The number of aromatic amines is 1. The predicted octanol–water partition coefficient (Wildman–Crippen LogP) is 1.50. The third kappa shape index (κ3) is 2.17. The van der Waals surface area contributed by atoms with Crippen LogP contribution in [0.1, 0.15) is 18.5 Å². The second kappa shape index (κ2) is 4.52. The lowest BCUT2D eigenvalue weighted by molar-refractivity contribution is 0.868. The molecule has 3 aromatic rings. The first-order valence-electron chi connectivity index (χ1n) is 5.87. The predicted molar refractivity (Wildman–Crippen MR) is 72.4 cm³/mol. The van der Waals surface area contributed by atoms with Gasteiger partial charge in [0, 0.05) is 12.4 Å². The van der Waals surface area contributed by atoms with E-state index in [-0.39, 0.29) is 12.0 Å². The molecule has 3 aromatic heterocycles. The van der Waals surface area contributed by atoms with E-state index in [1.165, 1.54) is 0 Å². The Morgan fingerprint density at radius 1 is 1.32 bits per heavy atom. The van der Waals surface area contributed by atoms with E-state index in [1.54, 1.807) is 12.4 Å². The summed E-state index contributed by atoms with van der Waals surface area (Å²) in [5.74, 6) is 0.866. The summed E-state index contributed by atoms with van der Waals surface area (Å²) in [6, 6.07) is 3.96. The fourth-order valence-electron chi connectivity index (χ4n) is 1.88. The summed E-state index contributed by atoms with van der Waals surface area (Å²) in [4.78, 5) is 12.4. The molecule has 0 aromatic carbocycles. The summed E-state index contributed by atoms with van der Waals surface area (Å²) in [6.45, 7) is 2.03. The summed E-state index contributed by atoms with van der Waals surface area (Å²) in [5.41, 5.74) is 7.36. The Labute approximate surface area is 109 Å². The topological polar surface area (TPSA) is 105 Å². The van der Waals surface area contributed by atoms with E-state index in [1.807, 2.05) is 25.3 Å². The largest absolute Gasteiger partial charge is 0.368 e. The van der Waals surface area contributed by atoms with E-state index in [0.29, 0.717) is 11.5 Å². The number of anilines is 2. The molecule has 0 fully saturated rings. The van der Waals surface area contributed by atoms with Gasteiger partial charge in [0.05, 0.1) is 17.6 Å². The van der Waals surface area contributed by atoms with Crippen LogP contribution in [0, 0.1) is 0 Å². The smallest absolute Gasteiger partial charge is 0.224 e. The molecule has 3 heterocycles. The van der Waals surface area contributed by atoms with E-state index in [9.17, 15) is 0 Å². The van der Waals surface area contributed by atoms with Crippen molar-refractivity contribution in [3.8, 4) is 0 Å². The van der Waals surface area contributed by atoms with Crippen LogP contribution in [0.2, 0.25) is 0 Å². The molecular weight excluding hydrogens is 242 g/mol. The second-order valence-corrected chi connectivity index (χ2v) is 4.22. The van der Waals surface area contributed by atoms with Crippen LogP contribution in [0.4, 0.5) is 11.8 Å². The number of nitrogens with two attached hydrogens (primary N) is 1. The molecular formula is C12H13N7. The maximum absolute atomic E-state index is 5.68. The van der Waals surface area contributed by atoms with Crippen LogP contribution >= 0.6 is 0 Å². The number of H-pyrrole nitrogens is 1. The second-order valence-electron chi connectivity index (χ2n) is 4.22. The number of pyridine rings is 1. The molecule has 4 N–H and O–H groups in total. The van der Waals surface area contributed by atoms with Crippen molar-refractivity contribution in [2.75, 3.05) is 11.1 Å². The zero-order chi connectivity index (χ0) is 13.2. The summed E-state index contributed by atoms with van der Waals surface area (Å²) < 4.78 is 0. The highest BCUT2D eigenvalue weighted by atomic mass is 15.2. The average molecular weight is 255 g/mol. The van der Waals surface area contributed by atoms with Gasteiger partial charge in [0.1, 0.15) is 5.82 Å². The van der Waals surface area contributed by atoms with Crippen LogP contribution in [0.3, 0.4) is 0 Å². The monoisotopic (exact) mass is 255 g/mol. The number of nitrogens with zero attached hydrogens (tertiary/aromatic N) is 4. The van der Waals surface area contributed by atoms with Gasteiger partial charge in [0.15, 0.2) is 5.65 Å². The van der Waals surface area contributed by atoms with Gasteiger partial charge in [-0.2, -0.15) is 15.1 Å². The Balaban J connectivity index is 1.95. The van der Waals surface area contributed by atoms with Gasteiger partial charge in [0.25, 0.3) is 0 Å². The van der Waals surface area contributed by atoms with Gasteiger partial charge in [-0.3, -0.25) is 10.1 Å². The molecule has 0 bridgehead atoms. The Hall–Kier alpha value is -2.70. The number of nitrogen functional groups attached to an aromatic ring is 1. The van der Waals surface area contributed by atoms with Crippen molar-refractivity contribution in [3.63, 3.8) is 0 Å². The Kier molecular flexibility index (Phi) is 2.71. The minimum atomic E-state index is 0.0566. The lowest BCUT2D eigenvalue weighted by atomic mass is 10.1. The lowest BCUT2D eigenvalue weighted by Crippen LogP contribution is -2.10. The first kappa shape index (κ1) is 11.4.